The zero-order valence-electron chi connectivity index (χ0n) is 23.3. The van der Waals surface area contributed by atoms with Crippen LogP contribution in [0.5, 0.6) is 0 Å². The highest BCUT2D eigenvalue weighted by molar-refractivity contribution is 5.95. The molecule has 210 valence electrons. The number of nitrogens with zero attached hydrogens (tertiary/aromatic N) is 1. The van der Waals surface area contributed by atoms with Gasteiger partial charge in [0.25, 0.3) is 11.5 Å². The fraction of sp³-hybridized carbons (Fsp3) is 0.677. The lowest BCUT2D eigenvalue weighted by molar-refractivity contribution is -0.131. The number of carbonyl (C=O) groups is 3. The van der Waals surface area contributed by atoms with Crippen molar-refractivity contribution in [2.75, 3.05) is 13.1 Å². The number of rotatable bonds is 8. The predicted molar refractivity (Wildman–Crippen MR) is 146 cm³/mol. The third kappa shape index (κ3) is 4.34. The molecule has 8 heteroatoms. The summed E-state index contributed by atoms with van der Waals surface area (Å²) >= 11 is 0. The summed E-state index contributed by atoms with van der Waals surface area (Å²) in [7, 11) is 0. The number of pyridine rings is 1. The van der Waals surface area contributed by atoms with E-state index in [0.29, 0.717) is 43.8 Å². The number of hydrogen-bond acceptors (Lipinski definition) is 6. The molecule has 6 rings (SSSR count). The van der Waals surface area contributed by atoms with E-state index in [1.54, 1.807) is 12.1 Å². The second kappa shape index (κ2) is 9.51. The van der Waals surface area contributed by atoms with Crippen molar-refractivity contribution in [1.82, 2.24) is 15.2 Å². The number of fused-ring (bicyclic) bond motifs is 4. The molecule has 1 saturated heterocycles. The van der Waals surface area contributed by atoms with Crippen molar-refractivity contribution in [3.63, 3.8) is 0 Å². The van der Waals surface area contributed by atoms with E-state index in [1.807, 2.05) is 13.8 Å². The Hall–Kier alpha value is -2.58. The molecule has 1 aromatic rings. The normalized spacial score (nSPS) is 34.4. The van der Waals surface area contributed by atoms with Crippen molar-refractivity contribution in [2.24, 2.45) is 29.1 Å². The molecule has 1 aromatic heterocycles. The lowest BCUT2D eigenvalue weighted by Crippen LogP contribution is -2.67. The molecule has 1 aliphatic heterocycles. The second-order valence-electron chi connectivity index (χ2n) is 13.5. The number of allylic oxidation sites excluding steroid dienone is 1. The average molecular weight is 536 g/mol. The summed E-state index contributed by atoms with van der Waals surface area (Å²) in [6.45, 7) is 8.06. The van der Waals surface area contributed by atoms with Gasteiger partial charge in [-0.2, -0.15) is 0 Å². The monoisotopic (exact) mass is 535 g/mol. The van der Waals surface area contributed by atoms with Crippen LogP contribution in [0.4, 0.5) is 0 Å². The van der Waals surface area contributed by atoms with Crippen LogP contribution in [0, 0.1) is 29.1 Å². The van der Waals surface area contributed by atoms with Crippen LogP contribution in [-0.2, 0) is 22.4 Å². The number of aliphatic hydroxyl groups is 1. The zero-order valence-corrected chi connectivity index (χ0v) is 23.3. The minimum absolute atomic E-state index is 0.00562. The second-order valence-corrected chi connectivity index (χ2v) is 13.5. The number of aromatic amines is 1. The number of hydrogen-bond donors (Lipinski definition) is 3. The van der Waals surface area contributed by atoms with E-state index in [4.69, 9.17) is 0 Å². The molecule has 39 heavy (non-hydrogen) atoms. The van der Waals surface area contributed by atoms with Gasteiger partial charge in [0.05, 0.1) is 11.6 Å². The number of amides is 1. The molecule has 5 aliphatic rings. The van der Waals surface area contributed by atoms with Crippen molar-refractivity contribution in [3.05, 3.63) is 44.9 Å². The van der Waals surface area contributed by atoms with Crippen molar-refractivity contribution in [2.45, 2.75) is 89.8 Å². The van der Waals surface area contributed by atoms with Crippen LogP contribution >= 0.6 is 0 Å². The fourth-order valence-corrected chi connectivity index (χ4v) is 8.34. The first kappa shape index (κ1) is 26.6. The highest BCUT2D eigenvalue weighted by Crippen LogP contribution is 2.65. The Labute approximate surface area is 229 Å². The van der Waals surface area contributed by atoms with Gasteiger partial charge < -0.3 is 20.2 Å². The Bertz CT molecular complexity index is 1300. The van der Waals surface area contributed by atoms with E-state index in [-0.39, 0.29) is 29.2 Å². The van der Waals surface area contributed by atoms with Crippen LogP contribution < -0.4 is 10.9 Å². The van der Waals surface area contributed by atoms with Gasteiger partial charge in [0.2, 0.25) is 0 Å². The number of ketones is 1. The van der Waals surface area contributed by atoms with Crippen LogP contribution in [-0.4, -0.2) is 63.7 Å². The van der Waals surface area contributed by atoms with E-state index in [1.165, 1.54) is 12.8 Å². The highest BCUT2D eigenvalue weighted by Gasteiger charge is 2.71. The molecule has 8 nitrogen and oxygen atoms in total. The van der Waals surface area contributed by atoms with Gasteiger partial charge in [0.15, 0.2) is 5.78 Å². The van der Waals surface area contributed by atoms with Gasteiger partial charge in [0.1, 0.15) is 11.8 Å². The first-order valence-corrected chi connectivity index (χ1v) is 14.8. The molecule has 0 spiro atoms. The Morgan fingerprint density at radius 1 is 1.26 bits per heavy atom. The van der Waals surface area contributed by atoms with Gasteiger partial charge in [-0.3, -0.25) is 19.3 Å². The van der Waals surface area contributed by atoms with Gasteiger partial charge in [-0.15, -0.1) is 0 Å². The van der Waals surface area contributed by atoms with E-state index in [9.17, 15) is 24.3 Å². The fourth-order valence-electron chi connectivity index (χ4n) is 8.34. The number of H-pyrrole nitrogens is 1. The van der Waals surface area contributed by atoms with Crippen LogP contribution in [0.1, 0.15) is 80.9 Å². The minimum atomic E-state index is -1.09. The van der Waals surface area contributed by atoms with Gasteiger partial charge in [-0.05, 0) is 73.5 Å². The SMILES string of the molecule is CC(C)CC(C=O)NC(=O)c1cc2c([nH]c1=O)CC1(C3=CC(=O)CCC3C)CC3CN(CC4CC4)C3C1(O)C2. The Morgan fingerprint density at radius 2 is 2.03 bits per heavy atom. The molecule has 0 radical (unpaired) electrons. The molecule has 0 bridgehead atoms. The minimum Gasteiger partial charge on any atom is -0.387 e. The van der Waals surface area contributed by atoms with Crippen molar-refractivity contribution >= 4 is 18.0 Å². The zero-order chi connectivity index (χ0) is 27.7. The molecular formula is C31H41N3O5. The first-order valence-electron chi connectivity index (χ1n) is 14.8. The summed E-state index contributed by atoms with van der Waals surface area (Å²) in [5, 5.41) is 15.5. The molecule has 2 saturated carbocycles. The molecule has 4 aliphatic carbocycles. The number of aromatic nitrogens is 1. The number of likely N-dealkylation sites (tertiary alicyclic amines) is 1. The van der Waals surface area contributed by atoms with E-state index in [0.717, 1.165) is 42.8 Å². The molecular weight excluding hydrogens is 494 g/mol. The third-order valence-corrected chi connectivity index (χ3v) is 10.3. The lowest BCUT2D eigenvalue weighted by atomic mass is 9.56. The van der Waals surface area contributed by atoms with Gasteiger partial charge in [0, 0.05) is 49.5 Å². The Balaban J connectivity index is 1.39. The Kier molecular flexibility index (Phi) is 6.50. The predicted octanol–water partition coefficient (Wildman–Crippen LogP) is 2.57. The number of aldehydes is 1. The van der Waals surface area contributed by atoms with Gasteiger partial charge >= 0.3 is 0 Å². The summed E-state index contributed by atoms with van der Waals surface area (Å²) in [5.74, 6) is 0.988. The van der Waals surface area contributed by atoms with Crippen LogP contribution in [0.3, 0.4) is 0 Å². The van der Waals surface area contributed by atoms with E-state index < -0.39 is 28.5 Å². The third-order valence-electron chi connectivity index (χ3n) is 10.3. The summed E-state index contributed by atoms with van der Waals surface area (Å²) in [5.41, 5.74) is 0.339. The molecule has 6 atom stereocenters. The molecule has 3 N–H and O–H groups in total. The highest BCUT2D eigenvalue weighted by atomic mass is 16.3. The van der Waals surface area contributed by atoms with Crippen molar-refractivity contribution in [3.8, 4) is 0 Å². The van der Waals surface area contributed by atoms with E-state index >= 15 is 0 Å². The molecule has 2 heterocycles. The van der Waals surface area contributed by atoms with Gasteiger partial charge in [-0.1, -0.05) is 26.3 Å². The van der Waals surface area contributed by atoms with Crippen LogP contribution in [0.25, 0.3) is 0 Å². The Morgan fingerprint density at radius 3 is 2.72 bits per heavy atom. The standard InChI is InChI=1S/C31H41N3O5/c1-17(2)8-22(16-35)32-28(37)24-9-20-12-31(39)27-21(15-34(27)14-19-5-6-19)11-30(31,13-26(20)33-29(24)38)25-10-23(36)7-4-18(25)3/h9-10,16-19,21-22,27,39H,4-8,11-15H2,1-3H3,(H,32,37)(H,33,38). The molecule has 0 aromatic carbocycles. The van der Waals surface area contributed by atoms with Gasteiger partial charge in [-0.25, -0.2) is 0 Å². The lowest BCUT2D eigenvalue weighted by Gasteiger charge is -2.56. The number of carbonyl (C=O) groups excluding carboxylic acids is 3. The molecule has 6 unspecified atom stereocenters. The molecule has 1 amide bonds. The summed E-state index contributed by atoms with van der Waals surface area (Å²) < 4.78 is 0. The maximum atomic E-state index is 13.2. The largest absolute Gasteiger partial charge is 0.387 e. The van der Waals surface area contributed by atoms with Crippen LogP contribution in [0.2, 0.25) is 0 Å². The summed E-state index contributed by atoms with van der Waals surface area (Å²) in [6, 6.07) is 0.971. The summed E-state index contributed by atoms with van der Waals surface area (Å²) in [6.07, 6.45) is 8.39. The maximum absolute atomic E-state index is 13.2. The topological polar surface area (TPSA) is 120 Å². The first-order chi connectivity index (χ1) is 18.5. The maximum Gasteiger partial charge on any atom is 0.261 e. The number of nitrogens with one attached hydrogen (secondary N) is 2. The van der Waals surface area contributed by atoms with E-state index in [2.05, 4.69) is 22.1 Å². The quantitative estimate of drug-likeness (QED) is 0.440. The van der Waals surface area contributed by atoms with Crippen molar-refractivity contribution < 1.29 is 19.5 Å². The average Bonchev–Trinajstić information content (AvgIpc) is 3.65. The smallest absolute Gasteiger partial charge is 0.261 e. The van der Waals surface area contributed by atoms with Crippen molar-refractivity contribution in [1.29, 1.82) is 0 Å². The summed E-state index contributed by atoms with van der Waals surface area (Å²) in [4.78, 5) is 55.9. The molecule has 3 fully saturated rings. The van der Waals surface area contributed by atoms with Crippen LogP contribution in [0.15, 0.2) is 22.5 Å².